The first-order valence-electron chi connectivity index (χ1n) is 9.06. The first-order chi connectivity index (χ1) is 12.8. The summed E-state index contributed by atoms with van der Waals surface area (Å²) in [5.74, 6) is 1.59. The van der Waals surface area contributed by atoms with Gasteiger partial charge in [0.25, 0.3) is 0 Å². The van der Waals surface area contributed by atoms with E-state index in [-0.39, 0.29) is 30.4 Å². The molecule has 3 rings (SSSR count). The zero-order chi connectivity index (χ0) is 19.4. The van der Waals surface area contributed by atoms with E-state index in [2.05, 4.69) is 10.3 Å². The van der Waals surface area contributed by atoms with Crippen molar-refractivity contribution in [3.05, 3.63) is 46.9 Å². The van der Waals surface area contributed by atoms with Gasteiger partial charge in [-0.05, 0) is 24.1 Å². The maximum absolute atomic E-state index is 13.7. The molecule has 27 heavy (non-hydrogen) atoms. The molecule has 0 radical (unpaired) electrons. The fourth-order valence-electron chi connectivity index (χ4n) is 2.86. The normalized spacial score (nSPS) is 13.8. The van der Waals surface area contributed by atoms with E-state index >= 15 is 0 Å². The Bertz CT molecular complexity index is 811. The van der Waals surface area contributed by atoms with Gasteiger partial charge in [-0.3, -0.25) is 4.79 Å². The highest BCUT2D eigenvalue weighted by Crippen LogP contribution is 2.29. The summed E-state index contributed by atoms with van der Waals surface area (Å²) in [5.41, 5.74) is 1.32. The van der Waals surface area contributed by atoms with Gasteiger partial charge in [0.05, 0.1) is 12.8 Å². The number of hydrogen-bond donors (Lipinski definition) is 1. The van der Waals surface area contributed by atoms with Crippen LogP contribution in [0.2, 0.25) is 0 Å². The number of amides is 1. The number of fused-ring (bicyclic) bond motifs is 1. The third-order valence-electron chi connectivity index (χ3n) is 4.33. The average molecular weight is 376 g/mol. The summed E-state index contributed by atoms with van der Waals surface area (Å²) in [5, 5.41) is 2.85. The largest absolute Gasteiger partial charge is 0.467 e. The van der Waals surface area contributed by atoms with Gasteiger partial charge in [-0.1, -0.05) is 20.8 Å². The van der Waals surface area contributed by atoms with Crippen molar-refractivity contribution in [3.8, 4) is 5.75 Å². The number of rotatable bonds is 6. The molecule has 0 unspecified atom stereocenters. The van der Waals surface area contributed by atoms with Crippen molar-refractivity contribution in [2.45, 2.75) is 52.1 Å². The van der Waals surface area contributed by atoms with Gasteiger partial charge in [0.1, 0.15) is 17.3 Å². The first-order valence-corrected chi connectivity index (χ1v) is 9.06. The number of carbonyl (C=O) groups excluding carboxylic acids is 1. The van der Waals surface area contributed by atoms with E-state index in [0.717, 1.165) is 11.3 Å². The van der Waals surface area contributed by atoms with Crippen molar-refractivity contribution in [3.63, 3.8) is 0 Å². The summed E-state index contributed by atoms with van der Waals surface area (Å²) >= 11 is 0. The van der Waals surface area contributed by atoms with Crippen LogP contribution in [0.25, 0.3) is 0 Å². The lowest BCUT2D eigenvalue weighted by atomic mass is 9.94. The topological polar surface area (TPSA) is 73.6 Å². The Morgan fingerprint density at radius 1 is 1.30 bits per heavy atom. The predicted molar refractivity (Wildman–Crippen MR) is 96.9 cm³/mol. The molecule has 0 saturated carbocycles. The Morgan fingerprint density at radius 3 is 2.85 bits per heavy atom. The standard InChI is InChI=1S/C20H25FN2O4/c1-20(2,3)16-10-23-18(27-16)5-4-17(24)22-7-6-13-8-15(21)9-14-11-25-12-26-19(13)14/h8-10H,4-7,11-12H2,1-3H3,(H,22,24). The number of nitrogens with one attached hydrogen (secondary N) is 1. The van der Waals surface area contributed by atoms with Crippen LogP contribution in [0.5, 0.6) is 5.75 Å². The van der Waals surface area contributed by atoms with E-state index in [0.29, 0.717) is 43.2 Å². The van der Waals surface area contributed by atoms with E-state index in [1.54, 1.807) is 6.20 Å². The van der Waals surface area contributed by atoms with Crippen LogP contribution >= 0.6 is 0 Å². The van der Waals surface area contributed by atoms with Crippen molar-refractivity contribution in [2.24, 2.45) is 0 Å². The molecule has 6 nitrogen and oxygen atoms in total. The molecule has 146 valence electrons. The summed E-state index contributed by atoms with van der Waals surface area (Å²) in [6.45, 7) is 7.03. The second-order valence-corrected chi connectivity index (χ2v) is 7.63. The SMILES string of the molecule is CC(C)(C)c1cnc(CCC(=O)NCCc2cc(F)cc3c2OCOC3)o1. The van der Waals surface area contributed by atoms with Crippen LogP contribution in [-0.4, -0.2) is 24.2 Å². The minimum absolute atomic E-state index is 0.0972. The molecule has 2 aromatic rings. The Hall–Kier alpha value is -2.41. The molecule has 1 N–H and O–H groups in total. The van der Waals surface area contributed by atoms with Crippen molar-refractivity contribution in [1.82, 2.24) is 10.3 Å². The number of benzene rings is 1. The molecule has 1 aliphatic rings. The van der Waals surface area contributed by atoms with Crippen molar-refractivity contribution >= 4 is 5.91 Å². The summed E-state index contributed by atoms with van der Waals surface area (Å²) in [6, 6.07) is 2.86. The minimum atomic E-state index is -0.331. The van der Waals surface area contributed by atoms with E-state index in [9.17, 15) is 9.18 Å². The van der Waals surface area contributed by atoms with Crippen LogP contribution < -0.4 is 10.1 Å². The molecule has 1 aliphatic heterocycles. The highest BCUT2D eigenvalue weighted by atomic mass is 19.1. The number of oxazole rings is 1. The fourth-order valence-corrected chi connectivity index (χ4v) is 2.86. The number of aryl methyl sites for hydroxylation is 1. The maximum atomic E-state index is 13.7. The van der Waals surface area contributed by atoms with E-state index < -0.39 is 0 Å². The molecule has 7 heteroatoms. The second kappa shape index (κ2) is 8.08. The number of aromatic nitrogens is 1. The summed E-state index contributed by atoms with van der Waals surface area (Å²) < 4.78 is 30.1. The van der Waals surface area contributed by atoms with Gasteiger partial charge in [0, 0.05) is 30.4 Å². The molecule has 0 fully saturated rings. The third-order valence-corrected chi connectivity index (χ3v) is 4.33. The molecule has 1 aromatic heterocycles. The van der Waals surface area contributed by atoms with E-state index in [4.69, 9.17) is 13.9 Å². The molecule has 0 aliphatic carbocycles. The number of ether oxygens (including phenoxy) is 2. The fraction of sp³-hybridized carbons (Fsp3) is 0.500. The quantitative estimate of drug-likeness (QED) is 0.838. The van der Waals surface area contributed by atoms with Gasteiger partial charge < -0.3 is 19.2 Å². The van der Waals surface area contributed by atoms with Crippen LogP contribution in [0.1, 0.15) is 50.0 Å². The summed E-state index contributed by atoms with van der Waals surface area (Å²) in [6.07, 6.45) is 2.93. The summed E-state index contributed by atoms with van der Waals surface area (Å²) in [7, 11) is 0. The Kier molecular flexibility index (Phi) is 5.79. The average Bonchev–Trinajstić information content (AvgIpc) is 3.09. The molecule has 1 aromatic carbocycles. The zero-order valence-corrected chi connectivity index (χ0v) is 15.9. The van der Waals surface area contributed by atoms with Crippen LogP contribution in [-0.2, 0) is 34.4 Å². The zero-order valence-electron chi connectivity index (χ0n) is 15.9. The summed E-state index contributed by atoms with van der Waals surface area (Å²) in [4.78, 5) is 16.3. The number of halogens is 1. The van der Waals surface area contributed by atoms with Crippen LogP contribution in [0.15, 0.2) is 22.7 Å². The van der Waals surface area contributed by atoms with Crippen LogP contribution in [0, 0.1) is 5.82 Å². The lowest BCUT2D eigenvalue weighted by molar-refractivity contribution is -0.121. The van der Waals surface area contributed by atoms with Crippen LogP contribution in [0.3, 0.4) is 0 Å². The predicted octanol–water partition coefficient (Wildman–Crippen LogP) is 3.27. The minimum Gasteiger partial charge on any atom is -0.467 e. The molecular weight excluding hydrogens is 351 g/mol. The van der Waals surface area contributed by atoms with Crippen molar-refractivity contribution in [2.75, 3.05) is 13.3 Å². The molecule has 2 heterocycles. The van der Waals surface area contributed by atoms with Gasteiger partial charge in [-0.2, -0.15) is 0 Å². The molecule has 0 bridgehead atoms. The van der Waals surface area contributed by atoms with E-state index in [1.807, 2.05) is 20.8 Å². The third kappa shape index (κ3) is 5.07. The molecular formula is C20H25FN2O4. The van der Waals surface area contributed by atoms with Gasteiger partial charge in [0.15, 0.2) is 12.7 Å². The second-order valence-electron chi connectivity index (χ2n) is 7.63. The monoisotopic (exact) mass is 376 g/mol. The van der Waals surface area contributed by atoms with Crippen molar-refractivity contribution < 1.29 is 23.1 Å². The highest BCUT2D eigenvalue weighted by Gasteiger charge is 2.20. The van der Waals surface area contributed by atoms with Gasteiger partial charge in [-0.25, -0.2) is 9.37 Å². The number of nitrogens with zero attached hydrogens (tertiary/aromatic N) is 1. The Morgan fingerprint density at radius 2 is 2.11 bits per heavy atom. The Labute approximate surface area is 158 Å². The first kappa shape index (κ1) is 19.4. The maximum Gasteiger partial charge on any atom is 0.220 e. The lowest BCUT2D eigenvalue weighted by Crippen LogP contribution is -2.26. The molecule has 0 atom stereocenters. The smallest absolute Gasteiger partial charge is 0.220 e. The highest BCUT2D eigenvalue weighted by molar-refractivity contribution is 5.76. The van der Waals surface area contributed by atoms with E-state index in [1.165, 1.54) is 12.1 Å². The van der Waals surface area contributed by atoms with Crippen molar-refractivity contribution in [1.29, 1.82) is 0 Å². The molecule has 0 saturated heterocycles. The van der Waals surface area contributed by atoms with Crippen LogP contribution in [0.4, 0.5) is 4.39 Å². The van der Waals surface area contributed by atoms with Gasteiger partial charge in [0.2, 0.25) is 5.91 Å². The number of carbonyl (C=O) groups is 1. The number of hydrogen-bond acceptors (Lipinski definition) is 5. The lowest BCUT2D eigenvalue weighted by Gasteiger charge is -2.21. The molecule has 0 spiro atoms. The Balaban J connectivity index is 1.48. The molecule has 1 amide bonds. The van der Waals surface area contributed by atoms with Gasteiger partial charge >= 0.3 is 0 Å². The van der Waals surface area contributed by atoms with Gasteiger partial charge in [-0.15, -0.1) is 0 Å².